The number of amides is 1. The zero-order chi connectivity index (χ0) is 13.8. The molecule has 1 amide bonds. The molecule has 5 nitrogen and oxygen atoms in total. The second-order valence-electron chi connectivity index (χ2n) is 4.27. The number of hydrogen-bond acceptors (Lipinski definition) is 3. The minimum Gasteiger partial charge on any atom is -0.472 e. The number of furan rings is 1. The van der Waals surface area contributed by atoms with Gasteiger partial charge in [0.25, 0.3) is 5.91 Å². The zero-order valence-corrected chi connectivity index (χ0v) is 10.7. The van der Waals surface area contributed by atoms with Gasteiger partial charge in [0.2, 0.25) is 0 Å². The molecule has 5 heteroatoms. The van der Waals surface area contributed by atoms with Crippen molar-refractivity contribution in [3.63, 3.8) is 0 Å². The molecule has 1 aromatic carbocycles. The Kier molecular flexibility index (Phi) is 3.33. The van der Waals surface area contributed by atoms with E-state index in [0.717, 1.165) is 11.5 Å². The third-order valence-corrected chi connectivity index (χ3v) is 2.94. The van der Waals surface area contributed by atoms with Crippen LogP contribution < -0.4 is 4.90 Å². The second-order valence-corrected chi connectivity index (χ2v) is 4.27. The summed E-state index contributed by atoms with van der Waals surface area (Å²) in [4.78, 5) is 21.4. The summed E-state index contributed by atoms with van der Waals surface area (Å²) >= 11 is 0. The minimum absolute atomic E-state index is 0.124. The predicted molar refractivity (Wildman–Crippen MR) is 74.3 cm³/mol. The molecule has 2 heterocycles. The van der Waals surface area contributed by atoms with E-state index in [1.54, 1.807) is 23.4 Å². The van der Waals surface area contributed by atoms with Gasteiger partial charge in [-0.3, -0.25) is 4.79 Å². The number of aromatic nitrogens is 2. The summed E-state index contributed by atoms with van der Waals surface area (Å²) < 4.78 is 4.99. The first-order valence-electron chi connectivity index (χ1n) is 6.22. The molecule has 0 atom stereocenters. The van der Waals surface area contributed by atoms with Gasteiger partial charge in [-0.2, -0.15) is 0 Å². The summed E-state index contributed by atoms with van der Waals surface area (Å²) in [5, 5.41) is 0. The number of para-hydroxylation sites is 1. The van der Waals surface area contributed by atoms with Gasteiger partial charge >= 0.3 is 0 Å². The lowest BCUT2D eigenvalue weighted by atomic mass is 10.2. The van der Waals surface area contributed by atoms with Crippen LogP contribution in [0.25, 0.3) is 0 Å². The maximum absolute atomic E-state index is 12.6. The maximum Gasteiger partial charge on any atom is 0.261 e. The van der Waals surface area contributed by atoms with Crippen molar-refractivity contribution < 1.29 is 9.21 Å². The molecule has 100 valence electrons. The standard InChI is InChI=1S/C15H13N3O2/c19-15(12-6-9-20-11-12)18(10-14-16-7-8-17-14)13-4-2-1-3-5-13/h1-9,11H,10H2,(H,16,17). The first kappa shape index (κ1) is 12.2. The summed E-state index contributed by atoms with van der Waals surface area (Å²) in [7, 11) is 0. The fraction of sp³-hybridized carbons (Fsp3) is 0.0667. The first-order chi connectivity index (χ1) is 9.84. The number of aromatic amines is 1. The normalized spacial score (nSPS) is 10.4. The average molecular weight is 267 g/mol. The molecule has 0 aliphatic rings. The molecule has 2 aromatic heterocycles. The highest BCUT2D eigenvalue weighted by molar-refractivity contribution is 6.05. The SMILES string of the molecule is O=C(c1ccoc1)N(Cc1ncc[nH]1)c1ccccc1. The Morgan fingerprint density at radius 1 is 1.25 bits per heavy atom. The highest BCUT2D eigenvalue weighted by Gasteiger charge is 2.19. The number of anilines is 1. The number of rotatable bonds is 4. The molecule has 0 aliphatic carbocycles. The molecule has 0 fully saturated rings. The van der Waals surface area contributed by atoms with E-state index in [1.807, 2.05) is 30.3 Å². The van der Waals surface area contributed by atoms with Crippen LogP contribution in [0.1, 0.15) is 16.2 Å². The largest absolute Gasteiger partial charge is 0.472 e. The number of carbonyl (C=O) groups excluding carboxylic acids is 1. The van der Waals surface area contributed by atoms with Crippen molar-refractivity contribution in [3.05, 3.63) is 72.7 Å². The van der Waals surface area contributed by atoms with Crippen molar-refractivity contribution in [1.82, 2.24) is 9.97 Å². The molecule has 0 aliphatic heterocycles. The molecule has 0 unspecified atom stereocenters. The van der Waals surface area contributed by atoms with E-state index in [9.17, 15) is 4.79 Å². The molecule has 3 aromatic rings. The van der Waals surface area contributed by atoms with Gasteiger partial charge in [-0.1, -0.05) is 18.2 Å². The highest BCUT2D eigenvalue weighted by atomic mass is 16.3. The monoisotopic (exact) mass is 267 g/mol. The Balaban J connectivity index is 1.93. The summed E-state index contributed by atoms with van der Waals surface area (Å²) in [6.45, 7) is 0.376. The lowest BCUT2D eigenvalue weighted by molar-refractivity contribution is 0.0984. The third-order valence-electron chi connectivity index (χ3n) is 2.94. The molecule has 3 rings (SSSR count). The van der Waals surface area contributed by atoms with Crippen molar-refractivity contribution >= 4 is 11.6 Å². The first-order valence-corrected chi connectivity index (χ1v) is 6.22. The number of benzene rings is 1. The fourth-order valence-corrected chi connectivity index (χ4v) is 1.96. The minimum atomic E-state index is -0.124. The van der Waals surface area contributed by atoms with E-state index in [-0.39, 0.29) is 5.91 Å². The van der Waals surface area contributed by atoms with E-state index in [1.165, 1.54) is 12.5 Å². The van der Waals surface area contributed by atoms with Crippen LogP contribution in [-0.2, 0) is 6.54 Å². The van der Waals surface area contributed by atoms with E-state index in [4.69, 9.17) is 4.42 Å². The van der Waals surface area contributed by atoms with Crippen molar-refractivity contribution in [2.45, 2.75) is 6.54 Å². The van der Waals surface area contributed by atoms with Crippen LogP contribution in [0.15, 0.2) is 65.7 Å². The van der Waals surface area contributed by atoms with Crippen molar-refractivity contribution in [2.75, 3.05) is 4.90 Å². The molecular weight excluding hydrogens is 254 g/mol. The third kappa shape index (κ3) is 2.47. The second kappa shape index (κ2) is 5.44. The lowest BCUT2D eigenvalue weighted by Gasteiger charge is -2.21. The van der Waals surface area contributed by atoms with Crippen LogP contribution in [0.5, 0.6) is 0 Å². The average Bonchev–Trinajstić information content (AvgIpc) is 3.18. The number of hydrogen-bond donors (Lipinski definition) is 1. The Bertz CT molecular complexity index is 660. The van der Waals surface area contributed by atoms with Gasteiger partial charge in [-0.05, 0) is 18.2 Å². The van der Waals surface area contributed by atoms with Crippen LogP contribution in [0.3, 0.4) is 0 Å². The van der Waals surface area contributed by atoms with Gasteiger partial charge in [0.05, 0.1) is 18.4 Å². The van der Waals surface area contributed by atoms with Crippen LogP contribution in [0.2, 0.25) is 0 Å². The smallest absolute Gasteiger partial charge is 0.261 e. The molecule has 0 radical (unpaired) electrons. The summed E-state index contributed by atoms with van der Waals surface area (Å²) in [5.74, 6) is 0.604. The Morgan fingerprint density at radius 3 is 2.75 bits per heavy atom. The summed E-state index contributed by atoms with van der Waals surface area (Å²) in [6, 6.07) is 11.1. The number of nitrogens with one attached hydrogen (secondary N) is 1. The molecule has 0 bridgehead atoms. The number of carbonyl (C=O) groups is 1. The van der Waals surface area contributed by atoms with E-state index >= 15 is 0 Å². The molecule has 20 heavy (non-hydrogen) atoms. The molecular formula is C15H13N3O2. The molecule has 1 N–H and O–H groups in total. The van der Waals surface area contributed by atoms with Crippen molar-refractivity contribution in [1.29, 1.82) is 0 Å². The van der Waals surface area contributed by atoms with Gasteiger partial charge < -0.3 is 14.3 Å². The van der Waals surface area contributed by atoms with Crippen molar-refractivity contribution in [3.8, 4) is 0 Å². The van der Waals surface area contributed by atoms with Crippen LogP contribution in [0, 0.1) is 0 Å². The van der Waals surface area contributed by atoms with Crippen LogP contribution in [0.4, 0.5) is 5.69 Å². The Morgan fingerprint density at radius 2 is 2.10 bits per heavy atom. The Labute approximate surface area is 115 Å². The van der Waals surface area contributed by atoms with E-state index in [2.05, 4.69) is 9.97 Å². The highest BCUT2D eigenvalue weighted by Crippen LogP contribution is 2.19. The molecule has 0 saturated heterocycles. The van der Waals surface area contributed by atoms with Gasteiger partial charge in [0, 0.05) is 18.1 Å². The number of nitrogens with zero attached hydrogens (tertiary/aromatic N) is 2. The number of imidazole rings is 1. The fourth-order valence-electron chi connectivity index (χ4n) is 1.96. The molecule has 0 spiro atoms. The maximum atomic E-state index is 12.6. The van der Waals surface area contributed by atoms with Crippen LogP contribution >= 0.6 is 0 Å². The summed E-state index contributed by atoms with van der Waals surface area (Å²) in [5.41, 5.74) is 1.33. The quantitative estimate of drug-likeness (QED) is 0.790. The topological polar surface area (TPSA) is 62.1 Å². The lowest BCUT2D eigenvalue weighted by Crippen LogP contribution is -2.30. The van der Waals surface area contributed by atoms with Gasteiger partial charge in [-0.25, -0.2) is 4.98 Å². The van der Waals surface area contributed by atoms with Gasteiger partial charge in [0.1, 0.15) is 12.1 Å². The molecule has 0 saturated carbocycles. The van der Waals surface area contributed by atoms with E-state index in [0.29, 0.717) is 12.1 Å². The van der Waals surface area contributed by atoms with Crippen LogP contribution in [-0.4, -0.2) is 15.9 Å². The van der Waals surface area contributed by atoms with Gasteiger partial charge in [0.15, 0.2) is 0 Å². The zero-order valence-electron chi connectivity index (χ0n) is 10.7. The number of H-pyrrole nitrogens is 1. The van der Waals surface area contributed by atoms with Crippen molar-refractivity contribution in [2.24, 2.45) is 0 Å². The van der Waals surface area contributed by atoms with E-state index < -0.39 is 0 Å². The summed E-state index contributed by atoms with van der Waals surface area (Å²) in [6.07, 6.45) is 6.34. The Hall–Kier alpha value is -2.82. The predicted octanol–water partition coefficient (Wildman–Crippen LogP) is 2.85. The van der Waals surface area contributed by atoms with Gasteiger partial charge in [-0.15, -0.1) is 0 Å².